The molecule has 1 N–H and O–H groups in total. The highest BCUT2D eigenvalue weighted by Crippen LogP contribution is 2.26. The molecule has 128 valence electrons. The molecule has 3 heterocycles. The number of carbonyl (C=O) groups excluding carboxylic acids is 1. The van der Waals surface area contributed by atoms with Crippen LogP contribution in [-0.4, -0.2) is 30.7 Å². The molecular weight excluding hydrogens is 352 g/mol. The predicted octanol–water partition coefficient (Wildman–Crippen LogP) is 3.40. The molecule has 0 aliphatic carbocycles. The van der Waals surface area contributed by atoms with Crippen molar-refractivity contribution in [3.8, 4) is 11.3 Å². The van der Waals surface area contributed by atoms with Crippen LogP contribution < -0.4 is 5.32 Å². The lowest BCUT2D eigenvalue weighted by Crippen LogP contribution is -2.17. The van der Waals surface area contributed by atoms with Crippen molar-refractivity contribution in [3.05, 3.63) is 71.1 Å². The van der Waals surface area contributed by atoms with Crippen LogP contribution in [-0.2, 0) is 0 Å². The van der Waals surface area contributed by atoms with E-state index in [4.69, 9.17) is 11.6 Å². The normalized spacial score (nSPS) is 10.8. The Labute approximate surface area is 153 Å². The summed E-state index contributed by atoms with van der Waals surface area (Å²) >= 11 is 6.27. The monoisotopic (exact) mass is 364 g/mol. The lowest BCUT2D eigenvalue weighted by atomic mass is 10.1. The number of rotatable bonds is 3. The Hall–Kier alpha value is -3.32. The molecule has 4 rings (SSSR count). The summed E-state index contributed by atoms with van der Waals surface area (Å²) in [4.78, 5) is 17.1. The van der Waals surface area contributed by atoms with Crippen LogP contribution in [0.2, 0.25) is 5.02 Å². The molecule has 26 heavy (non-hydrogen) atoms. The van der Waals surface area contributed by atoms with Crippen molar-refractivity contribution < 1.29 is 4.79 Å². The third-order valence-electron chi connectivity index (χ3n) is 3.83. The molecule has 0 aliphatic rings. The largest absolute Gasteiger partial charge is 0.304 e. The molecule has 0 unspecified atom stereocenters. The maximum atomic E-state index is 12.7. The number of nitrogens with zero attached hydrogens (tertiary/aromatic N) is 5. The zero-order valence-corrected chi connectivity index (χ0v) is 14.5. The Bertz CT molecular complexity index is 1110. The first-order valence-electron chi connectivity index (χ1n) is 7.84. The maximum Gasteiger partial charge on any atom is 0.277 e. The van der Waals surface area contributed by atoms with Crippen molar-refractivity contribution >= 4 is 29.0 Å². The van der Waals surface area contributed by atoms with Gasteiger partial charge in [0.2, 0.25) is 0 Å². The van der Waals surface area contributed by atoms with Crippen LogP contribution in [0.5, 0.6) is 0 Å². The first kappa shape index (κ1) is 16.2. The summed E-state index contributed by atoms with van der Waals surface area (Å²) in [7, 11) is 0. The first-order valence-corrected chi connectivity index (χ1v) is 8.21. The fraction of sp³-hybridized carbons (Fsp3) is 0.0556. The SMILES string of the molecule is Cc1nc2ccc(-c3ccccc3Cl)nn2c1C(=O)Nc1cccnn1. The molecule has 0 saturated heterocycles. The number of aryl methyl sites for hydroxylation is 1. The third-order valence-corrected chi connectivity index (χ3v) is 4.16. The number of anilines is 1. The highest BCUT2D eigenvalue weighted by Gasteiger charge is 2.19. The predicted molar refractivity (Wildman–Crippen MR) is 98.2 cm³/mol. The minimum atomic E-state index is -0.362. The topological polar surface area (TPSA) is 85.1 Å². The second-order valence-corrected chi connectivity index (χ2v) is 5.98. The summed E-state index contributed by atoms with van der Waals surface area (Å²) in [5.41, 5.74) is 2.90. The maximum absolute atomic E-state index is 12.7. The number of halogens is 1. The van der Waals surface area contributed by atoms with E-state index in [1.54, 1.807) is 31.2 Å². The molecular formula is C18H13ClN6O. The van der Waals surface area contributed by atoms with E-state index in [0.717, 1.165) is 5.56 Å². The molecule has 0 fully saturated rings. The number of hydrogen-bond acceptors (Lipinski definition) is 5. The minimum Gasteiger partial charge on any atom is -0.304 e. The Morgan fingerprint density at radius 1 is 1.12 bits per heavy atom. The molecule has 3 aromatic heterocycles. The average molecular weight is 365 g/mol. The van der Waals surface area contributed by atoms with Crippen LogP contribution in [0.15, 0.2) is 54.7 Å². The number of benzene rings is 1. The standard InChI is InChI=1S/C18H13ClN6O/c1-11-17(18(26)22-15-7-4-10-20-23-15)25-16(21-11)9-8-14(24-25)12-5-2-3-6-13(12)19/h2-10H,1H3,(H,22,23,26). The molecule has 0 atom stereocenters. The summed E-state index contributed by atoms with van der Waals surface area (Å²) in [6, 6.07) is 14.4. The third kappa shape index (κ3) is 2.89. The molecule has 1 amide bonds. The van der Waals surface area contributed by atoms with Gasteiger partial charge in [0.05, 0.1) is 16.4 Å². The van der Waals surface area contributed by atoms with Gasteiger partial charge in [-0.1, -0.05) is 29.8 Å². The van der Waals surface area contributed by atoms with E-state index >= 15 is 0 Å². The number of aromatic nitrogens is 5. The van der Waals surface area contributed by atoms with Gasteiger partial charge in [0.1, 0.15) is 0 Å². The fourth-order valence-electron chi connectivity index (χ4n) is 2.66. The van der Waals surface area contributed by atoms with Crippen LogP contribution in [0.1, 0.15) is 16.2 Å². The van der Waals surface area contributed by atoms with Crippen LogP contribution >= 0.6 is 11.6 Å². The Kier molecular flexibility index (Phi) is 4.06. The second-order valence-electron chi connectivity index (χ2n) is 5.58. The molecule has 0 radical (unpaired) electrons. The smallest absolute Gasteiger partial charge is 0.277 e. The van der Waals surface area contributed by atoms with Crippen molar-refractivity contribution in [1.29, 1.82) is 0 Å². The minimum absolute atomic E-state index is 0.333. The Balaban J connectivity index is 1.79. The summed E-state index contributed by atoms with van der Waals surface area (Å²) in [6.07, 6.45) is 1.53. The molecule has 0 spiro atoms. The summed E-state index contributed by atoms with van der Waals surface area (Å²) in [5.74, 6) is -0.00610. The van der Waals surface area contributed by atoms with Gasteiger partial charge < -0.3 is 5.32 Å². The Morgan fingerprint density at radius 3 is 2.73 bits per heavy atom. The number of fused-ring (bicyclic) bond motifs is 1. The molecule has 0 saturated carbocycles. The number of imidazole rings is 1. The van der Waals surface area contributed by atoms with Crippen molar-refractivity contribution in [2.75, 3.05) is 5.32 Å². The van der Waals surface area contributed by atoms with E-state index in [2.05, 4.69) is 25.6 Å². The van der Waals surface area contributed by atoms with E-state index in [9.17, 15) is 4.79 Å². The van der Waals surface area contributed by atoms with Gasteiger partial charge in [-0.3, -0.25) is 4.79 Å². The number of amides is 1. The van der Waals surface area contributed by atoms with Crippen LogP contribution in [0.4, 0.5) is 5.82 Å². The van der Waals surface area contributed by atoms with Crippen LogP contribution in [0.25, 0.3) is 16.9 Å². The van der Waals surface area contributed by atoms with Crippen molar-refractivity contribution in [1.82, 2.24) is 24.8 Å². The van der Waals surface area contributed by atoms with E-state index in [1.807, 2.05) is 24.3 Å². The van der Waals surface area contributed by atoms with Gasteiger partial charge in [-0.2, -0.15) is 10.2 Å². The molecule has 0 bridgehead atoms. The number of carbonyl (C=O) groups is 1. The summed E-state index contributed by atoms with van der Waals surface area (Å²) < 4.78 is 1.51. The highest BCUT2D eigenvalue weighted by atomic mass is 35.5. The van der Waals surface area contributed by atoms with Crippen molar-refractivity contribution in [2.45, 2.75) is 6.92 Å². The second kappa shape index (κ2) is 6.53. The van der Waals surface area contributed by atoms with Crippen LogP contribution in [0.3, 0.4) is 0 Å². The van der Waals surface area contributed by atoms with Crippen molar-refractivity contribution in [3.63, 3.8) is 0 Å². The fourth-order valence-corrected chi connectivity index (χ4v) is 2.89. The van der Waals surface area contributed by atoms with E-state index in [-0.39, 0.29) is 5.91 Å². The first-order chi connectivity index (χ1) is 12.6. The van der Waals surface area contributed by atoms with Crippen molar-refractivity contribution in [2.24, 2.45) is 0 Å². The van der Waals surface area contributed by atoms with Gasteiger partial charge >= 0.3 is 0 Å². The number of hydrogen-bond donors (Lipinski definition) is 1. The average Bonchev–Trinajstić information content (AvgIpc) is 2.98. The number of nitrogens with one attached hydrogen (secondary N) is 1. The lowest BCUT2D eigenvalue weighted by Gasteiger charge is -2.06. The molecule has 7 nitrogen and oxygen atoms in total. The van der Waals surface area contributed by atoms with E-state index in [1.165, 1.54) is 10.7 Å². The lowest BCUT2D eigenvalue weighted by molar-refractivity contribution is 0.101. The van der Waals surface area contributed by atoms with Gasteiger partial charge in [0.25, 0.3) is 5.91 Å². The summed E-state index contributed by atoms with van der Waals surface area (Å²) in [5, 5.41) is 15.5. The Morgan fingerprint density at radius 2 is 1.96 bits per heavy atom. The quantitative estimate of drug-likeness (QED) is 0.602. The molecule has 0 aliphatic heterocycles. The van der Waals surface area contributed by atoms with Gasteiger partial charge in [-0.15, -0.1) is 5.10 Å². The zero-order valence-electron chi connectivity index (χ0n) is 13.7. The molecule has 8 heteroatoms. The van der Waals surface area contributed by atoms with Gasteiger partial charge in [-0.05, 0) is 37.3 Å². The van der Waals surface area contributed by atoms with E-state index in [0.29, 0.717) is 33.6 Å². The van der Waals surface area contributed by atoms with Gasteiger partial charge in [-0.25, -0.2) is 9.50 Å². The molecule has 4 aromatic rings. The van der Waals surface area contributed by atoms with Gasteiger partial charge in [0.15, 0.2) is 17.2 Å². The van der Waals surface area contributed by atoms with E-state index < -0.39 is 0 Å². The molecule has 1 aromatic carbocycles. The summed E-state index contributed by atoms with van der Waals surface area (Å²) in [6.45, 7) is 1.76. The van der Waals surface area contributed by atoms with Crippen LogP contribution in [0, 0.1) is 6.92 Å². The highest BCUT2D eigenvalue weighted by molar-refractivity contribution is 6.33. The van der Waals surface area contributed by atoms with Gasteiger partial charge in [0, 0.05) is 11.8 Å². The zero-order chi connectivity index (χ0) is 18.1.